The Morgan fingerprint density at radius 3 is 2.65 bits per heavy atom. The van der Waals surface area contributed by atoms with Crippen LogP contribution in [0.25, 0.3) is 0 Å². The van der Waals surface area contributed by atoms with Gasteiger partial charge in [-0.05, 0) is 37.5 Å². The lowest BCUT2D eigenvalue weighted by molar-refractivity contribution is -0.757. The maximum Gasteiger partial charge on any atom is 0.294 e. The number of hydrogen-bond acceptors (Lipinski definition) is 6. The summed E-state index contributed by atoms with van der Waals surface area (Å²) in [6, 6.07) is -0.398. The third-order valence-corrected chi connectivity index (χ3v) is 5.35. The molecule has 2 fully saturated rings. The molecular formula is C14H23N3O5S. The fourth-order valence-corrected chi connectivity index (χ4v) is 3.91. The summed E-state index contributed by atoms with van der Waals surface area (Å²) in [5, 5.41) is 14.7. The summed E-state index contributed by atoms with van der Waals surface area (Å²) < 4.78 is 0. The van der Waals surface area contributed by atoms with Crippen molar-refractivity contribution in [3.8, 4) is 0 Å². The molecule has 1 saturated carbocycles. The Balaban J connectivity index is 1.55. The summed E-state index contributed by atoms with van der Waals surface area (Å²) in [5.74, 6) is 1.49. The van der Waals surface area contributed by atoms with Gasteiger partial charge in [0.1, 0.15) is 6.04 Å². The largest absolute Gasteiger partial charge is 0.354 e. The van der Waals surface area contributed by atoms with Gasteiger partial charge in [0.25, 0.3) is 10.3 Å². The molecule has 1 saturated heterocycles. The molecule has 8 nitrogen and oxygen atoms in total. The molecule has 0 bridgehead atoms. The topological polar surface area (TPSA) is 111 Å². The van der Waals surface area contributed by atoms with Gasteiger partial charge < -0.3 is 15.5 Å². The van der Waals surface area contributed by atoms with Crippen molar-refractivity contribution >= 4 is 22.9 Å². The lowest BCUT2D eigenvalue weighted by Crippen LogP contribution is -2.44. The minimum Gasteiger partial charge on any atom is -0.354 e. The van der Waals surface area contributed by atoms with E-state index in [0.717, 1.165) is 43.9 Å². The smallest absolute Gasteiger partial charge is 0.294 e. The van der Waals surface area contributed by atoms with Gasteiger partial charge >= 0.3 is 0 Å². The average molecular weight is 345 g/mol. The van der Waals surface area contributed by atoms with Crippen molar-refractivity contribution < 1.29 is 19.5 Å². The van der Waals surface area contributed by atoms with Gasteiger partial charge in [-0.15, -0.1) is 10.1 Å². The predicted molar refractivity (Wildman–Crippen MR) is 85.4 cm³/mol. The van der Waals surface area contributed by atoms with Crippen LogP contribution < -0.4 is 10.6 Å². The van der Waals surface area contributed by atoms with Gasteiger partial charge in [-0.1, -0.05) is 24.6 Å². The Hall–Kier alpha value is -1.51. The van der Waals surface area contributed by atoms with E-state index in [4.69, 9.17) is 0 Å². The first kappa shape index (κ1) is 17.8. The van der Waals surface area contributed by atoms with E-state index in [-0.39, 0.29) is 17.8 Å². The van der Waals surface area contributed by atoms with Crippen LogP contribution in [0.2, 0.25) is 0 Å². The standard InChI is InChI=1S/C14H23N3O5S/c18-13(12-9-23-14(19)16-12)15-8-11-5-3-10(4-6-11)2-1-7-22-17(20)21/h10-12H,1-9H2,(H,15,18)(H,16,19). The first-order valence-corrected chi connectivity index (χ1v) is 9.01. The van der Waals surface area contributed by atoms with Crippen molar-refractivity contribution in [2.45, 2.75) is 44.6 Å². The van der Waals surface area contributed by atoms with Crippen LogP contribution in [-0.2, 0) is 9.63 Å². The Morgan fingerprint density at radius 2 is 2.04 bits per heavy atom. The van der Waals surface area contributed by atoms with E-state index in [9.17, 15) is 19.7 Å². The number of rotatable bonds is 8. The van der Waals surface area contributed by atoms with Crippen molar-refractivity contribution in [2.24, 2.45) is 11.8 Å². The van der Waals surface area contributed by atoms with Gasteiger partial charge in [0.05, 0.1) is 6.61 Å². The van der Waals surface area contributed by atoms with Gasteiger partial charge in [-0.3, -0.25) is 9.59 Å². The Morgan fingerprint density at radius 1 is 1.35 bits per heavy atom. The molecular weight excluding hydrogens is 322 g/mol. The number of thioether (sulfide) groups is 1. The third-order valence-electron chi connectivity index (χ3n) is 4.47. The van der Waals surface area contributed by atoms with Gasteiger partial charge in [0, 0.05) is 12.3 Å². The summed E-state index contributed by atoms with van der Waals surface area (Å²) in [7, 11) is 0. The van der Waals surface area contributed by atoms with Crippen LogP contribution in [0.4, 0.5) is 4.79 Å². The molecule has 1 heterocycles. The molecule has 9 heteroatoms. The minimum absolute atomic E-state index is 0.0950. The zero-order chi connectivity index (χ0) is 16.7. The summed E-state index contributed by atoms with van der Waals surface area (Å²) in [6.07, 6.45) is 5.98. The molecule has 1 aliphatic carbocycles. The van der Waals surface area contributed by atoms with Crippen molar-refractivity contribution in [3.05, 3.63) is 10.1 Å². The molecule has 2 N–H and O–H groups in total. The molecule has 130 valence electrons. The fraction of sp³-hybridized carbons (Fsp3) is 0.857. The summed E-state index contributed by atoms with van der Waals surface area (Å²) in [6.45, 7) is 0.834. The fourth-order valence-electron chi connectivity index (χ4n) is 3.13. The first-order chi connectivity index (χ1) is 11.0. The highest BCUT2D eigenvalue weighted by Crippen LogP contribution is 2.31. The third kappa shape index (κ3) is 6.25. The van der Waals surface area contributed by atoms with Crippen molar-refractivity contribution in [2.75, 3.05) is 18.9 Å². The zero-order valence-corrected chi connectivity index (χ0v) is 13.8. The molecule has 1 aliphatic heterocycles. The van der Waals surface area contributed by atoms with Crippen molar-refractivity contribution in [1.82, 2.24) is 10.6 Å². The van der Waals surface area contributed by atoms with Crippen LogP contribution in [0, 0.1) is 22.0 Å². The van der Waals surface area contributed by atoms with Crippen molar-refractivity contribution in [1.29, 1.82) is 0 Å². The van der Waals surface area contributed by atoms with Crippen LogP contribution in [0.3, 0.4) is 0 Å². The van der Waals surface area contributed by atoms with E-state index in [1.807, 2.05) is 0 Å². The molecule has 0 aromatic carbocycles. The predicted octanol–water partition coefficient (Wildman–Crippen LogP) is 1.72. The van der Waals surface area contributed by atoms with E-state index >= 15 is 0 Å². The Kier molecular flexibility index (Phi) is 6.94. The molecule has 2 amide bonds. The molecule has 0 radical (unpaired) electrons. The Labute approximate surface area is 139 Å². The van der Waals surface area contributed by atoms with Crippen LogP contribution in [0.1, 0.15) is 38.5 Å². The second kappa shape index (κ2) is 8.95. The minimum atomic E-state index is -0.745. The summed E-state index contributed by atoms with van der Waals surface area (Å²) >= 11 is 1.14. The van der Waals surface area contributed by atoms with Gasteiger partial charge in [0.15, 0.2) is 0 Å². The van der Waals surface area contributed by atoms with Crippen LogP contribution >= 0.6 is 11.8 Å². The number of carbonyl (C=O) groups excluding carboxylic acids is 2. The molecule has 1 unspecified atom stereocenters. The summed E-state index contributed by atoms with van der Waals surface area (Å²) in [4.78, 5) is 37.4. The van der Waals surface area contributed by atoms with Crippen LogP contribution in [0.5, 0.6) is 0 Å². The van der Waals surface area contributed by atoms with E-state index in [1.54, 1.807) is 0 Å². The highest BCUT2D eigenvalue weighted by Gasteiger charge is 2.28. The second-order valence-corrected chi connectivity index (χ2v) is 7.12. The quantitative estimate of drug-likeness (QED) is 0.394. The number of carbonyl (C=O) groups is 2. The van der Waals surface area contributed by atoms with Crippen molar-refractivity contribution in [3.63, 3.8) is 0 Å². The number of nitrogens with zero attached hydrogens (tertiary/aromatic N) is 1. The number of nitrogens with one attached hydrogen (secondary N) is 2. The maximum atomic E-state index is 11.9. The van der Waals surface area contributed by atoms with Crippen LogP contribution in [-0.4, -0.2) is 41.2 Å². The zero-order valence-electron chi connectivity index (χ0n) is 13.0. The Bertz CT molecular complexity index is 440. The number of hydrogen-bond donors (Lipinski definition) is 2. The second-order valence-electron chi connectivity index (χ2n) is 6.13. The first-order valence-electron chi connectivity index (χ1n) is 8.03. The normalized spacial score (nSPS) is 27.3. The molecule has 0 aromatic heterocycles. The lowest BCUT2D eigenvalue weighted by atomic mass is 9.80. The molecule has 0 spiro atoms. The van der Waals surface area contributed by atoms with E-state index in [2.05, 4.69) is 15.5 Å². The monoisotopic (exact) mass is 345 g/mol. The number of amides is 2. The van der Waals surface area contributed by atoms with E-state index in [1.165, 1.54) is 0 Å². The van der Waals surface area contributed by atoms with E-state index in [0.29, 0.717) is 30.6 Å². The SMILES string of the molecule is O=C1NC(C(=O)NCC2CCC(CCCO[N+](=O)[O-])CC2)CS1. The maximum absolute atomic E-state index is 11.9. The molecule has 0 aromatic rings. The molecule has 23 heavy (non-hydrogen) atoms. The summed E-state index contributed by atoms with van der Waals surface area (Å²) in [5.41, 5.74) is 0. The average Bonchev–Trinajstić information content (AvgIpc) is 2.97. The van der Waals surface area contributed by atoms with E-state index < -0.39 is 11.1 Å². The highest BCUT2D eigenvalue weighted by atomic mass is 32.2. The highest BCUT2D eigenvalue weighted by molar-refractivity contribution is 8.14. The molecule has 2 aliphatic rings. The molecule has 2 rings (SSSR count). The van der Waals surface area contributed by atoms with Crippen LogP contribution in [0.15, 0.2) is 0 Å². The van der Waals surface area contributed by atoms with Gasteiger partial charge in [-0.2, -0.15) is 0 Å². The lowest BCUT2D eigenvalue weighted by Gasteiger charge is -2.28. The molecule has 1 atom stereocenters. The van der Waals surface area contributed by atoms with Gasteiger partial charge in [0.2, 0.25) is 5.91 Å². The van der Waals surface area contributed by atoms with Gasteiger partial charge in [-0.25, -0.2) is 0 Å².